The van der Waals surface area contributed by atoms with Crippen molar-refractivity contribution in [3.05, 3.63) is 35.7 Å². The smallest absolute Gasteiger partial charge is 0.134 e. The first-order valence-corrected chi connectivity index (χ1v) is 4.98. The number of hydrogen-bond donors (Lipinski definition) is 1. The van der Waals surface area contributed by atoms with Crippen LogP contribution in [0.4, 0.5) is 4.39 Å². The van der Waals surface area contributed by atoms with Crippen LogP contribution >= 0.6 is 0 Å². The number of hydrogen-bond acceptors (Lipinski definition) is 2. The number of aliphatic hydroxyl groups is 1. The van der Waals surface area contributed by atoms with Gasteiger partial charge in [0.1, 0.15) is 18.2 Å². The molecule has 0 heterocycles. The highest BCUT2D eigenvalue weighted by atomic mass is 19.1. The largest absolute Gasteiger partial charge is 0.490 e. The van der Waals surface area contributed by atoms with Crippen LogP contribution in [0.25, 0.3) is 6.08 Å². The Morgan fingerprint density at radius 1 is 1.47 bits per heavy atom. The summed E-state index contributed by atoms with van der Waals surface area (Å²) in [5, 5.41) is 8.63. The van der Waals surface area contributed by atoms with Gasteiger partial charge in [0.2, 0.25) is 0 Å². The summed E-state index contributed by atoms with van der Waals surface area (Å²) < 4.78 is 18.6. The van der Waals surface area contributed by atoms with Crippen LogP contribution in [0.15, 0.2) is 24.3 Å². The Morgan fingerprint density at radius 3 is 2.93 bits per heavy atom. The van der Waals surface area contributed by atoms with Gasteiger partial charge in [0, 0.05) is 0 Å². The van der Waals surface area contributed by atoms with Crippen LogP contribution in [0.3, 0.4) is 0 Å². The Morgan fingerprint density at radius 2 is 2.27 bits per heavy atom. The molecule has 15 heavy (non-hydrogen) atoms. The Labute approximate surface area is 89.0 Å². The standard InChI is InChI=1S/C12H15FO2/c1-2-3-5-10-11(13)6-4-7-12(10)15-9-8-14/h3-7,14H,2,8-9H2,1H3/b5-3+. The predicted molar refractivity (Wildman–Crippen MR) is 58.3 cm³/mol. The Bertz CT molecular complexity index is 334. The first-order valence-electron chi connectivity index (χ1n) is 4.98. The van der Waals surface area contributed by atoms with Crippen LogP contribution in [0.2, 0.25) is 0 Å². The maximum Gasteiger partial charge on any atom is 0.134 e. The molecular weight excluding hydrogens is 195 g/mol. The lowest BCUT2D eigenvalue weighted by Gasteiger charge is -2.08. The van der Waals surface area contributed by atoms with E-state index >= 15 is 0 Å². The van der Waals surface area contributed by atoms with Crippen molar-refractivity contribution in [2.45, 2.75) is 13.3 Å². The van der Waals surface area contributed by atoms with Crippen LogP contribution in [-0.2, 0) is 0 Å². The molecule has 0 amide bonds. The Hall–Kier alpha value is -1.35. The van der Waals surface area contributed by atoms with Crippen LogP contribution in [0.5, 0.6) is 5.75 Å². The summed E-state index contributed by atoms with van der Waals surface area (Å²) in [5.74, 6) is 0.156. The number of ether oxygens (including phenoxy) is 1. The van der Waals surface area contributed by atoms with Crippen molar-refractivity contribution in [3.63, 3.8) is 0 Å². The van der Waals surface area contributed by atoms with E-state index < -0.39 is 0 Å². The monoisotopic (exact) mass is 210 g/mol. The third kappa shape index (κ3) is 3.36. The van der Waals surface area contributed by atoms with Gasteiger partial charge in [-0.05, 0) is 18.6 Å². The summed E-state index contributed by atoms with van der Waals surface area (Å²) in [6, 6.07) is 4.67. The summed E-state index contributed by atoms with van der Waals surface area (Å²) in [5.41, 5.74) is 0.438. The van der Waals surface area contributed by atoms with Gasteiger partial charge in [0.05, 0.1) is 12.2 Å². The van der Waals surface area contributed by atoms with Crippen LogP contribution in [0, 0.1) is 5.82 Å². The number of aliphatic hydroxyl groups excluding tert-OH is 1. The van der Waals surface area contributed by atoms with Gasteiger partial charge in [-0.1, -0.05) is 25.1 Å². The summed E-state index contributed by atoms with van der Waals surface area (Å²) in [6.45, 7) is 2.08. The molecule has 0 saturated heterocycles. The molecule has 0 aliphatic carbocycles. The van der Waals surface area contributed by atoms with Gasteiger partial charge in [-0.3, -0.25) is 0 Å². The minimum Gasteiger partial charge on any atom is -0.490 e. The van der Waals surface area contributed by atoms with Crippen molar-refractivity contribution in [2.24, 2.45) is 0 Å². The van der Waals surface area contributed by atoms with Gasteiger partial charge in [-0.25, -0.2) is 4.39 Å². The molecule has 0 bridgehead atoms. The number of allylic oxidation sites excluding steroid dienone is 1. The zero-order valence-corrected chi connectivity index (χ0v) is 8.74. The zero-order valence-electron chi connectivity index (χ0n) is 8.74. The van der Waals surface area contributed by atoms with Crippen molar-refractivity contribution in [1.82, 2.24) is 0 Å². The minimum absolute atomic E-state index is 0.0759. The van der Waals surface area contributed by atoms with Crippen LogP contribution in [-0.4, -0.2) is 18.3 Å². The summed E-state index contributed by atoms with van der Waals surface area (Å²) in [4.78, 5) is 0. The quantitative estimate of drug-likeness (QED) is 0.809. The lowest BCUT2D eigenvalue weighted by molar-refractivity contribution is 0.200. The van der Waals surface area contributed by atoms with Crippen molar-refractivity contribution in [2.75, 3.05) is 13.2 Å². The first kappa shape index (κ1) is 11.7. The molecule has 0 fully saturated rings. The van der Waals surface area contributed by atoms with Crippen molar-refractivity contribution in [1.29, 1.82) is 0 Å². The second kappa shape index (κ2) is 6.19. The van der Waals surface area contributed by atoms with Crippen LogP contribution < -0.4 is 4.74 Å². The molecule has 82 valence electrons. The third-order valence-corrected chi connectivity index (χ3v) is 1.88. The van der Waals surface area contributed by atoms with Gasteiger partial charge >= 0.3 is 0 Å². The van der Waals surface area contributed by atoms with E-state index in [1.165, 1.54) is 6.07 Å². The summed E-state index contributed by atoms with van der Waals surface area (Å²) in [6.07, 6.45) is 4.40. The normalized spacial score (nSPS) is 10.9. The van der Waals surface area contributed by atoms with E-state index in [1.807, 2.05) is 13.0 Å². The van der Waals surface area contributed by atoms with Crippen molar-refractivity contribution < 1.29 is 14.2 Å². The summed E-state index contributed by atoms with van der Waals surface area (Å²) in [7, 11) is 0. The number of rotatable bonds is 5. The van der Waals surface area contributed by atoms with E-state index in [4.69, 9.17) is 9.84 Å². The molecule has 0 spiro atoms. The van der Waals surface area contributed by atoms with Crippen molar-refractivity contribution >= 4 is 6.08 Å². The fourth-order valence-corrected chi connectivity index (χ4v) is 1.20. The Kier molecular flexibility index (Phi) is 4.84. The third-order valence-electron chi connectivity index (χ3n) is 1.88. The molecule has 0 radical (unpaired) electrons. The molecule has 3 heteroatoms. The molecule has 1 rings (SSSR count). The molecule has 0 unspecified atom stereocenters. The SMILES string of the molecule is CC/C=C/c1c(F)cccc1OCCO. The maximum absolute atomic E-state index is 13.4. The molecule has 1 aromatic carbocycles. The fraction of sp³-hybridized carbons (Fsp3) is 0.333. The molecule has 1 aromatic rings. The molecule has 0 aliphatic heterocycles. The average molecular weight is 210 g/mol. The van der Waals surface area contributed by atoms with E-state index in [0.29, 0.717) is 11.3 Å². The topological polar surface area (TPSA) is 29.5 Å². The van der Waals surface area contributed by atoms with Gasteiger partial charge < -0.3 is 9.84 Å². The minimum atomic E-state index is -0.310. The van der Waals surface area contributed by atoms with Gasteiger partial charge in [-0.2, -0.15) is 0 Å². The second-order valence-corrected chi connectivity index (χ2v) is 3.03. The Balaban J connectivity index is 2.92. The van der Waals surface area contributed by atoms with E-state index in [1.54, 1.807) is 18.2 Å². The molecule has 0 aromatic heterocycles. The molecule has 1 N–H and O–H groups in total. The first-order chi connectivity index (χ1) is 7.29. The highest BCUT2D eigenvalue weighted by Gasteiger charge is 2.05. The van der Waals surface area contributed by atoms with E-state index in [0.717, 1.165) is 6.42 Å². The van der Waals surface area contributed by atoms with Gasteiger partial charge in [0.25, 0.3) is 0 Å². The number of benzene rings is 1. The van der Waals surface area contributed by atoms with E-state index in [9.17, 15) is 4.39 Å². The summed E-state index contributed by atoms with van der Waals surface area (Å²) >= 11 is 0. The van der Waals surface area contributed by atoms with E-state index in [-0.39, 0.29) is 19.0 Å². The van der Waals surface area contributed by atoms with Crippen molar-refractivity contribution in [3.8, 4) is 5.75 Å². The molecule has 0 atom stereocenters. The molecular formula is C12H15FO2. The zero-order chi connectivity index (χ0) is 11.1. The van der Waals surface area contributed by atoms with Gasteiger partial charge in [0.15, 0.2) is 0 Å². The second-order valence-electron chi connectivity index (χ2n) is 3.03. The lowest BCUT2D eigenvalue weighted by atomic mass is 10.1. The fourth-order valence-electron chi connectivity index (χ4n) is 1.20. The molecule has 0 saturated carbocycles. The van der Waals surface area contributed by atoms with E-state index in [2.05, 4.69) is 0 Å². The van der Waals surface area contributed by atoms with Gasteiger partial charge in [-0.15, -0.1) is 0 Å². The van der Waals surface area contributed by atoms with Crippen LogP contribution in [0.1, 0.15) is 18.9 Å². The molecule has 2 nitrogen and oxygen atoms in total. The lowest BCUT2D eigenvalue weighted by Crippen LogP contribution is -2.03. The highest BCUT2D eigenvalue weighted by molar-refractivity contribution is 5.57. The number of halogens is 1. The highest BCUT2D eigenvalue weighted by Crippen LogP contribution is 2.23. The maximum atomic E-state index is 13.4. The average Bonchev–Trinajstić information content (AvgIpc) is 2.25. The molecule has 0 aliphatic rings. The predicted octanol–water partition coefficient (Wildman–Crippen LogP) is 2.62.